The molecule has 0 radical (unpaired) electrons. The molecule has 0 spiro atoms. The number of aryl methyl sites for hydroxylation is 2. The van der Waals surface area contributed by atoms with E-state index in [1.165, 1.54) is 99.1 Å². The Bertz CT molecular complexity index is 2210. The van der Waals surface area contributed by atoms with Crippen LogP contribution in [0.15, 0.2) is 109 Å². The maximum Gasteiger partial charge on any atom is 0.0159 e. The molecule has 0 bridgehead atoms. The van der Waals surface area contributed by atoms with Gasteiger partial charge in [-0.25, -0.2) is 0 Å². The molecule has 0 aromatic heterocycles. The van der Waals surface area contributed by atoms with Crippen molar-refractivity contribution in [1.29, 1.82) is 0 Å². The Morgan fingerprint density at radius 1 is 0.372 bits per heavy atom. The largest absolute Gasteiger partial charge is 0.0619 e. The van der Waals surface area contributed by atoms with E-state index in [9.17, 15) is 0 Å². The minimum atomic E-state index is -0.0798. The summed E-state index contributed by atoms with van der Waals surface area (Å²) in [6.07, 6.45) is 0. The smallest absolute Gasteiger partial charge is 0.0159 e. The highest BCUT2D eigenvalue weighted by Gasteiger charge is 2.37. The molecule has 8 rings (SSSR count). The maximum atomic E-state index is 2.53. The molecule has 0 unspecified atom stereocenters. The maximum absolute atomic E-state index is 2.53. The third-order valence-corrected chi connectivity index (χ3v) is 10.4. The molecule has 43 heavy (non-hydrogen) atoms. The van der Waals surface area contributed by atoms with Gasteiger partial charge in [-0.2, -0.15) is 0 Å². The second-order valence-electron chi connectivity index (χ2n) is 13.0. The lowest BCUT2D eigenvalue weighted by Gasteiger charge is -2.25. The quantitative estimate of drug-likeness (QED) is 0.187. The van der Waals surface area contributed by atoms with Gasteiger partial charge in [-0.1, -0.05) is 117 Å². The van der Waals surface area contributed by atoms with Gasteiger partial charge in [0.15, 0.2) is 0 Å². The Morgan fingerprint density at radius 2 is 0.814 bits per heavy atom. The summed E-state index contributed by atoms with van der Waals surface area (Å²) < 4.78 is 0. The minimum absolute atomic E-state index is 0.0798. The molecular weight excluding hydrogens is 516 g/mol. The van der Waals surface area contributed by atoms with E-state index < -0.39 is 0 Å². The first-order valence-corrected chi connectivity index (χ1v) is 15.5. The summed E-state index contributed by atoms with van der Waals surface area (Å²) in [5.74, 6) is 0. The van der Waals surface area contributed by atoms with E-state index >= 15 is 0 Å². The normalized spacial score (nSPS) is 13.5. The second-order valence-corrected chi connectivity index (χ2v) is 13.0. The van der Waals surface area contributed by atoms with Crippen molar-refractivity contribution in [2.75, 3.05) is 0 Å². The fraction of sp³-hybridized carbons (Fsp3) is 0.163. The fourth-order valence-corrected chi connectivity index (χ4v) is 8.04. The van der Waals surface area contributed by atoms with E-state index in [2.05, 4.69) is 151 Å². The number of benzene rings is 7. The van der Waals surface area contributed by atoms with Crippen LogP contribution in [0.5, 0.6) is 0 Å². The standard InChI is InChI=1S/C43H36/c1-25-23-26(2)28(4)39(27(25)3)42-33-19-11-9-17-31(33)40(32-18-10-12-20-34(32)42)36-24-38-41(30-16-8-7-15-29(30)36)35-21-13-14-22-37(35)43(38,5)6/h7-24H,1-6H3. The van der Waals surface area contributed by atoms with Crippen molar-refractivity contribution in [3.05, 3.63) is 143 Å². The van der Waals surface area contributed by atoms with Gasteiger partial charge in [0.05, 0.1) is 0 Å². The lowest BCUT2D eigenvalue weighted by atomic mass is 9.78. The third kappa shape index (κ3) is 3.50. The van der Waals surface area contributed by atoms with Crippen molar-refractivity contribution in [3.8, 4) is 33.4 Å². The zero-order valence-corrected chi connectivity index (χ0v) is 25.9. The van der Waals surface area contributed by atoms with E-state index in [4.69, 9.17) is 0 Å². The Hall–Kier alpha value is -4.68. The molecule has 0 atom stereocenters. The molecule has 208 valence electrons. The first-order valence-electron chi connectivity index (χ1n) is 15.5. The summed E-state index contributed by atoms with van der Waals surface area (Å²) in [5, 5.41) is 7.92. The Kier molecular flexibility index (Phi) is 5.53. The van der Waals surface area contributed by atoms with Crippen LogP contribution in [0.1, 0.15) is 47.2 Å². The fourth-order valence-electron chi connectivity index (χ4n) is 8.04. The van der Waals surface area contributed by atoms with Crippen molar-refractivity contribution in [3.63, 3.8) is 0 Å². The first kappa shape index (κ1) is 26.0. The monoisotopic (exact) mass is 552 g/mol. The summed E-state index contributed by atoms with van der Waals surface area (Å²) in [7, 11) is 0. The van der Waals surface area contributed by atoms with Crippen molar-refractivity contribution in [2.45, 2.75) is 47.0 Å². The Labute approximate surface area is 254 Å². The summed E-state index contributed by atoms with van der Waals surface area (Å²) in [6.45, 7) is 13.9. The average molecular weight is 553 g/mol. The summed E-state index contributed by atoms with van der Waals surface area (Å²) in [5.41, 5.74) is 16.3. The molecule has 0 amide bonds. The topological polar surface area (TPSA) is 0 Å². The molecule has 1 aliphatic rings. The van der Waals surface area contributed by atoms with Crippen LogP contribution >= 0.6 is 0 Å². The van der Waals surface area contributed by atoms with Gasteiger partial charge in [-0.05, 0) is 133 Å². The van der Waals surface area contributed by atoms with Crippen molar-refractivity contribution in [2.24, 2.45) is 0 Å². The van der Waals surface area contributed by atoms with Gasteiger partial charge in [0.2, 0.25) is 0 Å². The van der Waals surface area contributed by atoms with E-state index in [-0.39, 0.29) is 5.41 Å². The molecule has 0 saturated heterocycles. The zero-order chi connectivity index (χ0) is 29.6. The molecule has 7 aromatic rings. The zero-order valence-electron chi connectivity index (χ0n) is 25.9. The second kappa shape index (κ2) is 9.16. The average Bonchev–Trinajstić information content (AvgIpc) is 3.26. The predicted octanol–water partition coefficient (Wildman–Crippen LogP) is 12.0. The van der Waals surface area contributed by atoms with Crippen LogP contribution in [0, 0.1) is 27.7 Å². The van der Waals surface area contributed by atoms with Crippen LogP contribution in [0.25, 0.3) is 65.7 Å². The van der Waals surface area contributed by atoms with Gasteiger partial charge in [0.25, 0.3) is 0 Å². The van der Waals surface area contributed by atoms with E-state index in [0.717, 1.165) is 0 Å². The van der Waals surface area contributed by atoms with Gasteiger partial charge in [0.1, 0.15) is 0 Å². The van der Waals surface area contributed by atoms with Gasteiger partial charge in [0, 0.05) is 5.41 Å². The highest BCUT2D eigenvalue weighted by atomic mass is 14.4. The number of rotatable bonds is 2. The van der Waals surface area contributed by atoms with Crippen molar-refractivity contribution >= 4 is 32.3 Å². The highest BCUT2D eigenvalue weighted by molar-refractivity contribution is 6.25. The number of fused-ring (bicyclic) bond motifs is 7. The lowest BCUT2D eigenvalue weighted by Crippen LogP contribution is -2.15. The van der Waals surface area contributed by atoms with Crippen LogP contribution in [0.3, 0.4) is 0 Å². The summed E-state index contributed by atoms with van der Waals surface area (Å²) in [4.78, 5) is 0. The molecule has 1 aliphatic carbocycles. The lowest BCUT2D eigenvalue weighted by molar-refractivity contribution is 0.661. The predicted molar refractivity (Wildman–Crippen MR) is 186 cm³/mol. The van der Waals surface area contributed by atoms with E-state index in [1.807, 2.05) is 0 Å². The van der Waals surface area contributed by atoms with Crippen LogP contribution in [0.2, 0.25) is 0 Å². The Balaban J connectivity index is 1.57. The molecule has 0 nitrogen and oxygen atoms in total. The van der Waals surface area contributed by atoms with Gasteiger partial charge < -0.3 is 0 Å². The first-order chi connectivity index (χ1) is 20.8. The van der Waals surface area contributed by atoms with Crippen molar-refractivity contribution < 1.29 is 0 Å². The van der Waals surface area contributed by atoms with Crippen LogP contribution < -0.4 is 0 Å². The molecule has 0 aliphatic heterocycles. The summed E-state index contributed by atoms with van der Waals surface area (Å²) >= 11 is 0. The molecular formula is C43H36. The van der Waals surface area contributed by atoms with E-state index in [1.54, 1.807) is 0 Å². The third-order valence-electron chi connectivity index (χ3n) is 10.4. The van der Waals surface area contributed by atoms with Crippen LogP contribution in [-0.4, -0.2) is 0 Å². The molecule has 0 fully saturated rings. The summed E-state index contributed by atoms with van der Waals surface area (Å²) in [6, 6.07) is 41.1. The Morgan fingerprint density at radius 3 is 1.37 bits per heavy atom. The highest BCUT2D eigenvalue weighted by Crippen LogP contribution is 2.55. The number of hydrogen-bond acceptors (Lipinski definition) is 0. The van der Waals surface area contributed by atoms with Crippen molar-refractivity contribution in [1.82, 2.24) is 0 Å². The molecule has 0 saturated carbocycles. The molecule has 0 heterocycles. The van der Waals surface area contributed by atoms with E-state index in [0.29, 0.717) is 0 Å². The molecule has 0 heteroatoms. The van der Waals surface area contributed by atoms with Crippen LogP contribution in [0.4, 0.5) is 0 Å². The minimum Gasteiger partial charge on any atom is -0.0619 e. The SMILES string of the molecule is Cc1cc(C)c(C)c(-c2c3ccccc3c(-c3cc4c(c5ccccc35)-c3ccccc3C4(C)C)c3ccccc23)c1C. The molecule has 7 aromatic carbocycles. The molecule has 0 N–H and O–H groups in total. The van der Waals surface area contributed by atoms with Gasteiger partial charge in [-0.3, -0.25) is 0 Å². The van der Waals surface area contributed by atoms with Gasteiger partial charge >= 0.3 is 0 Å². The number of hydrogen-bond donors (Lipinski definition) is 0. The van der Waals surface area contributed by atoms with Gasteiger partial charge in [-0.15, -0.1) is 0 Å². The van der Waals surface area contributed by atoms with Crippen LogP contribution in [-0.2, 0) is 5.41 Å².